The summed E-state index contributed by atoms with van der Waals surface area (Å²) in [5.74, 6) is 2.74. The minimum Gasteiger partial charge on any atom is -0.371 e. The van der Waals surface area contributed by atoms with Crippen molar-refractivity contribution in [3.8, 4) is 12.3 Å². The first-order chi connectivity index (χ1) is 6.81. The lowest BCUT2D eigenvalue weighted by atomic mass is 10.1. The van der Waals surface area contributed by atoms with Gasteiger partial charge in [0.15, 0.2) is 0 Å². The van der Waals surface area contributed by atoms with Crippen LogP contribution in [-0.2, 0) is 0 Å². The molecule has 0 aliphatic carbocycles. The van der Waals surface area contributed by atoms with Crippen molar-refractivity contribution < 1.29 is 0 Å². The van der Waals surface area contributed by atoms with Gasteiger partial charge in [-0.15, -0.1) is 6.42 Å². The van der Waals surface area contributed by atoms with E-state index in [9.17, 15) is 0 Å². The summed E-state index contributed by atoms with van der Waals surface area (Å²) >= 11 is 3.43. The van der Waals surface area contributed by atoms with E-state index in [-0.39, 0.29) is 0 Å². The minimum atomic E-state index is 0.987. The SMILES string of the molecule is C#Cc1cc(Br)ccc1N1CCCC1. The maximum Gasteiger partial charge on any atom is 0.0526 e. The van der Waals surface area contributed by atoms with Crippen molar-refractivity contribution in [2.75, 3.05) is 18.0 Å². The molecule has 2 heteroatoms. The maximum atomic E-state index is 5.49. The Morgan fingerprint density at radius 2 is 2.00 bits per heavy atom. The smallest absolute Gasteiger partial charge is 0.0526 e. The van der Waals surface area contributed by atoms with Crippen LogP contribution < -0.4 is 4.90 Å². The van der Waals surface area contributed by atoms with Crippen LogP contribution in [0.2, 0.25) is 0 Å². The fourth-order valence-corrected chi connectivity index (χ4v) is 2.22. The molecule has 1 aliphatic rings. The standard InChI is InChI=1S/C12H12BrN/c1-2-10-9-11(13)5-6-12(10)14-7-3-4-8-14/h1,5-6,9H,3-4,7-8H2. The Hall–Kier alpha value is -0.940. The lowest BCUT2D eigenvalue weighted by molar-refractivity contribution is 0.949. The van der Waals surface area contributed by atoms with E-state index in [4.69, 9.17) is 6.42 Å². The summed E-state index contributed by atoms with van der Waals surface area (Å²) in [5.41, 5.74) is 2.19. The third-order valence-corrected chi connectivity index (χ3v) is 3.05. The number of rotatable bonds is 1. The van der Waals surface area contributed by atoms with Gasteiger partial charge < -0.3 is 4.90 Å². The van der Waals surface area contributed by atoms with E-state index < -0.39 is 0 Å². The highest BCUT2D eigenvalue weighted by molar-refractivity contribution is 9.10. The molecule has 1 aromatic rings. The first kappa shape index (κ1) is 9.61. The van der Waals surface area contributed by atoms with Gasteiger partial charge in [0, 0.05) is 23.1 Å². The van der Waals surface area contributed by atoms with E-state index in [0.29, 0.717) is 0 Å². The van der Waals surface area contributed by atoms with Gasteiger partial charge in [-0.1, -0.05) is 21.9 Å². The van der Waals surface area contributed by atoms with Crippen LogP contribution in [0.3, 0.4) is 0 Å². The van der Waals surface area contributed by atoms with E-state index in [1.165, 1.54) is 18.5 Å². The van der Waals surface area contributed by atoms with E-state index in [2.05, 4.69) is 38.9 Å². The number of halogens is 1. The first-order valence-electron chi connectivity index (χ1n) is 4.82. The second-order valence-electron chi connectivity index (χ2n) is 3.50. The molecular weight excluding hydrogens is 238 g/mol. The largest absolute Gasteiger partial charge is 0.371 e. The van der Waals surface area contributed by atoms with Gasteiger partial charge in [0.2, 0.25) is 0 Å². The summed E-state index contributed by atoms with van der Waals surface area (Å²) in [6.45, 7) is 2.27. The summed E-state index contributed by atoms with van der Waals surface area (Å²) in [7, 11) is 0. The monoisotopic (exact) mass is 249 g/mol. The second kappa shape index (κ2) is 4.06. The van der Waals surface area contributed by atoms with Crippen molar-refractivity contribution >= 4 is 21.6 Å². The van der Waals surface area contributed by atoms with Gasteiger partial charge in [-0.3, -0.25) is 0 Å². The van der Waals surface area contributed by atoms with Crippen molar-refractivity contribution in [2.24, 2.45) is 0 Å². The average molecular weight is 250 g/mol. The quantitative estimate of drug-likeness (QED) is 0.692. The average Bonchev–Trinajstić information content (AvgIpc) is 2.70. The molecule has 0 radical (unpaired) electrons. The van der Waals surface area contributed by atoms with Gasteiger partial charge in [-0.05, 0) is 31.0 Å². The number of hydrogen-bond acceptors (Lipinski definition) is 1. The third kappa shape index (κ3) is 1.78. The lowest BCUT2D eigenvalue weighted by Crippen LogP contribution is -2.18. The molecule has 0 amide bonds. The Bertz CT molecular complexity index is 372. The predicted octanol–water partition coefficient (Wildman–Crippen LogP) is 3.03. The van der Waals surface area contributed by atoms with Crippen LogP contribution in [0.25, 0.3) is 0 Å². The molecule has 1 aromatic carbocycles. The first-order valence-corrected chi connectivity index (χ1v) is 5.61. The molecule has 72 valence electrons. The highest BCUT2D eigenvalue weighted by atomic mass is 79.9. The highest BCUT2D eigenvalue weighted by Gasteiger charge is 2.14. The van der Waals surface area contributed by atoms with Gasteiger partial charge >= 0.3 is 0 Å². The van der Waals surface area contributed by atoms with Crippen LogP contribution in [0, 0.1) is 12.3 Å². The zero-order valence-corrected chi connectivity index (χ0v) is 9.55. The number of benzene rings is 1. The number of anilines is 1. The Morgan fingerprint density at radius 1 is 1.29 bits per heavy atom. The molecule has 2 rings (SSSR count). The Kier molecular flexibility index (Phi) is 2.79. The lowest BCUT2D eigenvalue weighted by Gasteiger charge is -2.19. The van der Waals surface area contributed by atoms with Gasteiger partial charge in [0.25, 0.3) is 0 Å². The molecule has 1 heterocycles. The molecule has 1 saturated heterocycles. The van der Waals surface area contributed by atoms with E-state index >= 15 is 0 Å². The molecule has 0 aromatic heterocycles. The highest BCUT2D eigenvalue weighted by Crippen LogP contribution is 2.26. The van der Waals surface area contributed by atoms with Crippen molar-refractivity contribution in [3.05, 3.63) is 28.2 Å². The van der Waals surface area contributed by atoms with Gasteiger partial charge in [-0.2, -0.15) is 0 Å². The van der Waals surface area contributed by atoms with Gasteiger partial charge in [0.1, 0.15) is 0 Å². The molecule has 0 bridgehead atoms. The van der Waals surface area contributed by atoms with Crippen molar-refractivity contribution in [1.82, 2.24) is 0 Å². The molecule has 1 nitrogen and oxygen atoms in total. The van der Waals surface area contributed by atoms with Crippen molar-refractivity contribution in [3.63, 3.8) is 0 Å². The van der Waals surface area contributed by atoms with Crippen LogP contribution in [0.15, 0.2) is 22.7 Å². The van der Waals surface area contributed by atoms with Crippen LogP contribution >= 0.6 is 15.9 Å². The normalized spacial score (nSPS) is 15.6. The fourth-order valence-electron chi connectivity index (χ4n) is 1.86. The predicted molar refractivity (Wildman–Crippen MR) is 63.5 cm³/mol. The molecule has 1 fully saturated rings. The van der Waals surface area contributed by atoms with E-state index in [0.717, 1.165) is 23.1 Å². The van der Waals surface area contributed by atoms with E-state index in [1.807, 2.05) is 6.07 Å². The molecular formula is C12H12BrN. The molecule has 0 spiro atoms. The third-order valence-electron chi connectivity index (χ3n) is 2.56. The minimum absolute atomic E-state index is 0.987. The fraction of sp³-hybridized carbons (Fsp3) is 0.333. The summed E-state index contributed by atoms with van der Waals surface area (Å²) in [6, 6.07) is 6.16. The molecule has 14 heavy (non-hydrogen) atoms. The zero-order chi connectivity index (χ0) is 9.97. The Morgan fingerprint density at radius 3 is 2.64 bits per heavy atom. The Balaban J connectivity index is 2.37. The Labute approximate surface area is 93.2 Å². The van der Waals surface area contributed by atoms with Gasteiger partial charge in [-0.25, -0.2) is 0 Å². The number of nitrogens with zero attached hydrogens (tertiary/aromatic N) is 1. The topological polar surface area (TPSA) is 3.24 Å². The molecule has 0 unspecified atom stereocenters. The van der Waals surface area contributed by atoms with Crippen LogP contribution in [-0.4, -0.2) is 13.1 Å². The van der Waals surface area contributed by atoms with Crippen molar-refractivity contribution in [1.29, 1.82) is 0 Å². The number of hydrogen-bond donors (Lipinski definition) is 0. The van der Waals surface area contributed by atoms with E-state index in [1.54, 1.807) is 0 Å². The van der Waals surface area contributed by atoms with Crippen LogP contribution in [0.5, 0.6) is 0 Å². The maximum absolute atomic E-state index is 5.49. The molecule has 1 aliphatic heterocycles. The van der Waals surface area contributed by atoms with Crippen LogP contribution in [0.1, 0.15) is 18.4 Å². The zero-order valence-electron chi connectivity index (χ0n) is 7.96. The molecule has 0 atom stereocenters. The van der Waals surface area contributed by atoms with Gasteiger partial charge in [0.05, 0.1) is 5.69 Å². The van der Waals surface area contributed by atoms with Crippen molar-refractivity contribution in [2.45, 2.75) is 12.8 Å². The summed E-state index contributed by atoms with van der Waals surface area (Å²) < 4.78 is 1.05. The molecule has 0 N–H and O–H groups in total. The summed E-state index contributed by atoms with van der Waals surface area (Å²) in [4.78, 5) is 2.36. The summed E-state index contributed by atoms with van der Waals surface area (Å²) in [5, 5.41) is 0. The summed E-state index contributed by atoms with van der Waals surface area (Å²) in [6.07, 6.45) is 8.05. The molecule has 0 saturated carbocycles. The second-order valence-corrected chi connectivity index (χ2v) is 4.42. The van der Waals surface area contributed by atoms with Crippen LogP contribution in [0.4, 0.5) is 5.69 Å². The number of terminal acetylenes is 1.